The topological polar surface area (TPSA) is 47.0 Å². The van der Waals surface area contributed by atoms with Gasteiger partial charge < -0.3 is 9.72 Å². The van der Waals surface area contributed by atoms with Gasteiger partial charge in [0.2, 0.25) is 0 Å². The van der Waals surface area contributed by atoms with Crippen LogP contribution in [0, 0.1) is 0 Å². The van der Waals surface area contributed by atoms with Crippen molar-refractivity contribution in [2.75, 3.05) is 13.7 Å². The van der Waals surface area contributed by atoms with Crippen LogP contribution < -0.4 is 5.69 Å². The highest BCUT2D eigenvalue weighted by Crippen LogP contribution is 2.27. The molecule has 1 N–H and O–H groups in total. The summed E-state index contributed by atoms with van der Waals surface area (Å²) in [5.74, 6) is 0. The van der Waals surface area contributed by atoms with Crippen molar-refractivity contribution in [2.24, 2.45) is 0 Å². The number of fused-ring (bicyclic) bond motifs is 1. The lowest BCUT2D eigenvalue weighted by molar-refractivity contribution is 0.187. The van der Waals surface area contributed by atoms with E-state index in [1.54, 1.807) is 11.7 Å². The standard InChI is InChI=1S/C20H24N2O2/c1-20(2,3)16-8-5-14(6-9-16)15-7-10-18-17(13-15)21-19(23)22(18)11-12-24-4/h5-10,13H,11-12H2,1-4H3,(H,21,23). The highest BCUT2D eigenvalue weighted by atomic mass is 16.5. The van der Waals surface area contributed by atoms with Crippen molar-refractivity contribution in [3.63, 3.8) is 0 Å². The summed E-state index contributed by atoms with van der Waals surface area (Å²) >= 11 is 0. The largest absolute Gasteiger partial charge is 0.383 e. The molecular formula is C20H24N2O2. The summed E-state index contributed by atoms with van der Waals surface area (Å²) in [7, 11) is 1.64. The monoisotopic (exact) mass is 324 g/mol. The van der Waals surface area contributed by atoms with Crippen LogP contribution in [0.5, 0.6) is 0 Å². The van der Waals surface area contributed by atoms with E-state index < -0.39 is 0 Å². The van der Waals surface area contributed by atoms with Gasteiger partial charge in [0.1, 0.15) is 0 Å². The van der Waals surface area contributed by atoms with Crippen molar-refractivity contribution in [3.8, 4) is 11.1 Å². The van der Waals surface area contributed by atoms with E-state index in [2.05, 4.69) is 56.1 Å². The molecule has 0 amide bonds. The Labute approximate surface area is 142 Å². The summed E-state index contributed by atoms with van der Waals surface area (Å²) in [5.41, 5.74) is 5.37. The van der Waals surface area contributed by atoms with Crippen LogP contribution in [0.4, 0.5) is 0 Å². The normalized spacial score (nSPS) is 12.0. The lowest BCUT2D eigenvalue weighted by Gasteiger charge is -2.19. The number of rotatable bonds is 4. The van der Waals surface area contributed by atoms with Crippen LogP contribution in [0.2, 0.25) is 0 Å². The minimum atomic E-state index is -0.0951. The van der Waals surface area contributed by atoms with Crippen molar-refractivity contribution in [2.45, 2.75) is 32.7 Å². The molecule has 1 aromatic heterocycles. The maximum Gasteiger partial charge on any atom is 0.326 e. The molecule has 0 bridgehead atoms. The zero-order valence-electron chi connectivity index (χ0n) is 14.7. The number of methoxy groups -OCH3 is 1. The number of ether oxygens (including phenoxy) is 1. The average Bonchev–Trinajstić information content (AvgIpc) is 2.86. The van der Waals surface area contributed by atoms with Crippen LogP contribution in [0.15, 0.2) is 47.3 Å². The number of nitrogens with zero attached hydrogens (tertiary/aromatic N) is 1. The van der Waals surface area contributed by atoms with Crippen LogP contribution >= 0.6 is 0 Å². The Morgan fingerprint density at radius 3 is 2.33 bits per heavy atom. The quantitative estimate of drug-likeness (QED) is 0.790. The molecule has 0 aliphatic carbocycles. The molecule has 4 nitrogen and oxygen atoms in total. The van der Waals surface area contributed by atoms with Crippen molar-refractivity contribution < 1.29 is 4.74 Å². The third-order valence-electron chi connectivity index (χ3n) is 4.38. The molecule has 1 heterocycles. The summed E-state index contributed by atoms with van der Waals surface area (Å²) < 4.78 is 6.79. The molecule has 0 aliphatic rings. The summed E-state index contributed by atoms with van der Waals surface area (Å²) in [6.45, 7) is 7.70. The number of hydrogen-bond donors (Lipinski definition) is 1. The van der Waals surface area contributed by atoms with E-state index >= 15 is 0 Å². The fourth-order valence-corrected chi connectivity index (χ4v) is 2.91. The zero-order chi connectivity index (χ0) is 17.3. The molecule has 0 saturated carbocycles. The minimum Gasteiger partial charge on any atom is -0.383 e. The summed E-state index contributed by atoms with van der Waals surface area (Å²) in [5, 5.41) is 0. The van der Waals surface area contributed by atoms with Crippen LogP contribution in [0.25, 0.3) is 22.2 Å². The van der Waals surface area contributed by atoms with Crippen molar-refractivity contribution >= 4 is 11.0 Å². The van der Waals surface area contributed by atoms with Gasteiger partial charge in [-0.25, -0.2) is 4.79 Å². The van der Waals surface area contributed by atoms with Gasteiger partial charge in [0.25, 0.3) is 0 Å². The second kappa shape index (κ2) is 6.29. The highest BCUT2D eigenvalue weighted by Gasteiger charge is 2.13. The van der Waals surface area contributed by atoms with Gasteiger partial charge >= 0.3 is 5.69 Å². The van der Waals surface area contributed by atoms with Crippen LogP contribution in [0.1, 0.15) is 26.3 Å². The van der Waals surface area contributed by atoms with E-state index in [-0.39, 0.29) is 11.1 Å². The van der Waals surface area contributed by atoms with E-state index in [0.29, 0.717) is 13.2 Å². The molecular weight excluding hydrogens is 300 g/mol. The van der Waals surface area contributed by atoms with Crippen molar-refractivity contribution in [1.82, 2.24) is 9.55 Å². The summed E-state index contributed by atoms with van der Waals surface area (Å²) in [6.07, 6.45) is 0. The van der Waals surface area contributed by atoms with Gasteiger partial charge in [-0.05, 0) is 34.2 Å². The van der Waals surface area contributed by atoms with E-state index in [1.165, 1.54) is 5.56 Å². The third-order valence-corrected chi connectivity index (χ3v) is 4.38. The Kier molecular flexibility index (Phi) is 4.33. The van der Waals surface area contributed by atoms with Crippen LogP contribution in [0.3, 0.4) is 0 Å². The molecule has 0 saturated heterocycles. The first kappa shape index (κ1) is 16.5. The van der Waals surface area contributed by atoms with Gasteiger partial charge in [-0.3, -0.25) is 4.57 Å². The number of imidazole rings is 1. The Hall–Kier alpha value is -2.33. The molecule has 3 rings (SSSR count). The SMILES string of the molecule is COCCn1c(=O)[nH]c2cc(-c3ccc(C(C)(C)C)cc3)ccc21. The highest BCUT2D eigenvalue weighted by molar-refractivity contribution is 5.82. The van der Waals surface area contributed by atoms with Gasteiger partial charge in [-0.1, -0.05) is 51.1 Å². The van der Waals surface area contributed by atoms with Crippen molar-refractivity contribution in [1.29, 1.82) is 0 Å². The van der Waals surface area contributed by atoms with Crippen LogP contribution in [-0.2, 0) is 16.7 Å². The number of aromatic amines is 1. The Morgan fingerprint density at radius 1 is 1.04 bits per heavy atom. The van der Waals surface area contributed by atoms with Gasteiger partial charge in [-0.2, -0.15) is 0 Å². The fraction of sp³-hybridized carbons (Fsp3) is 0.350. The first-order valence-electron chi connectivity index (χ1n) is 8.22. The predicted octanol–water partition coefficient (Wildman–Crippen LogP) is 3.94. The lowest BCUT2D eigenvalue weighted by Crippen LogP contribution is -2.18. The number of H-pyrrole nitrogens is 1. The predicted molar refractivity (Wildman–Crippen MR) is 98.6 cm³/mol. The molecule has 0 atom stereocenters. The maximum atomic E-state index is 12.1. The number of nitrogens with one attached hydrogen (secondary N) is 1. The van der Waals surface area contributed by atoms with Gasteiger partial charge in [0.15, 0.2) is 0 Å². The number of benzene rings is 2. The molecule has 4 heteroatoms. The van der Waals surface area contributed by atoms with Crippen LogP contribution in [-0.4, -0.2) is 23.3 Å². The molecule has 0 spiro atoms. The molecule has 126 valence electrons. The molecule has 3 aromatic rings. The molecule has 0 fully saturated rings. The fourth-order valence-electron chi connectivity index (χ4n) is 2.91. The average molecular weight is 324 g/mol. The zero-order valence-corrected chi connectivity index (χ0v) is 14.7. The molecule has 0 unspecified atom stereocenters. The lowest BCUT2D eigenvalue weighted by atomic mass is 9.86. The first-order chi connectivity index (χ1) is 11.4. The van der Waals surface area contributed by atoms with E-state index in [4.69, 9.17) is 4.74 Å². The molecule has 0 aliphatic heterocycles. The Balaban J connectivity index is 1.98. The number of aromatic nitrogens is 2. The minimum absolute atomic E-state index is 0.0951. The Morgan fingerprint density at radius 2 is 1.71 bits per heavy atom. The maximum absolute atomic E-state index is 12.1. The molecule has 0 radical (unpaired) electrons. The van der Waals surface area contributed by atoms with E-state index in [0.717, 1.165) is 22.2 Å². The summed E-state index contributed by atoms with van der Waals surface area (Å²) in [6, 6.07) is 14.7. The first-order valence-corrected chi connectivity index (χ1v) is 8.22. The second-order valence-corrected chi connectivity index (χ2v) is 7.13. The van der Waals surface area contributed by atoms with E-state index in [1.807, 2.05) is 12.1 Å². The van der Waals surface area contributed by atoms with Gasteiger partial charge in [0.05, 0.1) is 24.2 Å². The second-order valence-electron chi connectivity index (χ2n) is 7.13. The molecule has 2 aromatic carbocycles. The smallest absolute Gasteiger partial charge is 0.326 e. The number of hydrogen-bond acceptors (Lipinski definition) is 2. The van der Waals surface area contributed by atoms with Gasteiger partial charge in [0, 0.05) is 7.11 Å². The van der Waals surface area contributed by atoms with E-state index in [9.17, 15) is 4.79 Å². The van der Waals surface area contributed by atoms with Gasteiger partial charge in [-0.15, -0.1) is 0 Å². The molecule has 24 heavy (non-hydrogen) atoms. The third kappa shape index (κ3) is 3.15. The Bertz CT molecular complexity index is 896. The van der Waals surface area contributed by atoms with Crippen molar-refractivity contribution in [3.05, 3.63) is 58.5 Å². The summed E-state index contributed by atoms with van der Waals surface area (Å²) in [4.78, 5) is 15.0.